The predicted octanol–water partition coefficient (Wildman–Crippen LogP) is 5.47. The first-order valence-electron chi connectivity index (χ1n) is 8.27. The Morgan fingerprint density at radius 2 is 1.89 bits per heavy atom. The van der Waals surface area contributed by atoms with Crippen molar-refractivity contribution < 1.29 is 9.21 Å². The van der Waals surface area contributed by atoms with Gasteiger partial charge in [-0.05, 0) is 42.8 Å². The van der Waals surface area contributed by atoms with Gasteiger partial charge < -0.3 is 9.73 Å². The van der Waals surface area contributed by atoms with E-state index in [1.54, 1.807) is 25.3 Å². The fourth-order valence-electron chi connectivity index (χ4n) is 2.59. The Kier molecular flexibility index (Phi) is 5.05. The van der Waals surface area contributed by atoms with E-state index >= 15 is 0 Å². The van der Waals surface area contributed by atoms with Crippen molar-refractivity contribution in [2.45, 2.75) is 6.92 Å². The molecular formula is C19H14ClN5O2S. The van der Waals surface area contributed by atoms with E-state index < -0.39 is 0 Å². The van der Waals surface area contributed by atoms with E-state index in [2.05, 4.69) is 25.2 Å². The van der Waals surface area contributed by atoms with Gasteiger partial charge in [-0.15, -0.1) is 5.10 Å². The number of aromatic nitrogens is 3. The molecule has 0 atom stereocenters. The Bertz CT molecular complexity index is 1110. The van der Waals surface area contributed by atoms with Crippen LogP contribution in [0.4, 0.5) is 15.5 Å². The standard InChI is InChI=1S/C19H14ClN5O2S/c1-11-18(28-25-24-11)23-19(26)22-14-5-2-12(3-6-14)15-10-13(4-7-16(15)20)17-21-8-9-27-17/h2-10H,1H3,(H2,22,23,26). The zero-order valence-electron chi connectivity index (χ0n) is 14.6. The van der Waals surface area contributed by atoms with Gasteiger partial charge in [0.05, 0.1) is 11.9 Å². The summed E-state index contributed by atoms with van der Waals surface area (Å²) in [6.07, 6.45) is 3.12. The van der Waals surface area contributed by atoms with Crippen LogP contribution in [0.5, 0.6) is 0 Å². The maximum Gasteiger partial charge on any atom is 0.324 e. The Morgan fingerprint density at radius 3 is 2.57 bits per heavy atom. The second-order valence-corrected chi connectivity index (χ2v) is 7.04. The van der Waals surface area contributed by atoms with Crippen LogP contribution < -0.4 is 10.6 Å². The molecule has 7 nitrogen and oxygen atoms in total. The molecule has 0 aliphatic heterocycles. The lowest BCUT2D eigenvalue weighted by molar-refractivity contribution is 0.262. The zero-order chi connectivity index (χ0) is 19.5. The van der Waals surface area contributed by atoms with Crippen molar-refractivity contribution >= 4 is 39.9 Å². The van der Waals surface area contributed by atoms with Crippen LogP contribution in [0.15, 0.2) is 59.3 Å². The smallest absolute Gasteiger partial charge is 0.324 e. The van der Waals surface area contributed by atoms with Crippen LogP contribution in [-0.4, -0.2) is 20.6 Å². The van der Waals surface area contributed by atoms with Crippen molar-refractivity contribution in [3.05, 3.63) is 65.6 Å². The first-order valence-corrected chi connectivity index (χ1v) is 9.42. The third-order valence-electron chi connectivity index (χ3n) is 3.98. The van der Waals surface area contributed by atoms with E-state index in [1.165, 1.54) is 6.26 Å². The third kappa shape index (κ3) is 3.88. The molecule has 0 aliphatic rings. The summed E-state index contributed by atoms with van der Waals surface area (Å²) in [6, 6.07) is 12.6. The van der Waals surface area contributed by atoms with Gasteiger partial charge >= 0.3 is 6.03 Å². The first-order chi connectivity index (χ1) is 13.6. The fourth-order valence-corrected chi connectivity index (χ4v) is 3.37. The number of rotatable bonds is 4. The van der Waals surface area contributed by atoms with Gasteiger partial charge in [0.25, 0.3) is 0 Å². The second kappa shape index (κ2) is 7.79. The molecule has 0 fully saturated rings. The molecule has 2 N–H and O–H groups in total. The first kappa shape index (κ1) is 18.1. The van der Waals surface area contributed by atoms with Gasteiger partial charge in [0.2, 0.25) is 5.89 Å². The number of urea groups is 1. The summed E-state index contributed by atoms with van der Waals surface area (Å²) in [5.41, 5.74) is 3.92. The average molecular weight is 412 g/mol. The molecule has 9 heteroatoms. The lowest BCUT2D eigenvalue weighted by Gasteiger charge is -2.09. The monoisotopic (exact) mass is 411 g/mol. The number of nitrogens with one attached hydrogen (secondary N) is 2. The highest BCUT2D eigenvalue weighted by molar-refractivity contribution is 7.10. The minimum atomic E-state index is -0.356. The average Bonchev–Trinajstić information content (AvgIpc) is 3.36. The lowest BCUT2D eigenvalue weighted by Crippen LogP contribution is -2.19. The van der Waals surface area contributed by atoms with E-state index in [1.807, 2.05) is 30.3 Å². The predicted molar refractivity (Wildman–Crippen MR) is 110 cm³/mol. The van der Waals surface area contributed by atoms with Crippen LogP contribution in [0.25, 0.3) is 22.6 Å². The number of hydrogen-bond donors (Lipinski definition) is 2. The molecule has 0 saturated heterocycles. The number of halogens is 1. The normalized spacial score (nSPS) is 10.6. The number of aryl methyl sites for hydroxylation is 1. The number of hydrogen-bond acceptors (Lipinski definition) is 6. The Hall–Kier alpha value is -3.23. The van der Waals surface area contributed by atoms with Gasteiger partial charge in [-0.25, -0.2) is 9.78 Å². The van der Waals surface area contributed by atoms with Gasteiger partial charge in [0.1, 0.15) is 11.3 Å². The van der Waals surface area contributed by atoms with E-state index in [0.29, 0.717) is 27.3 Å². The summed E-state index contributed by atoms with van der Waals surface area (Å²) in [6.45, 7) is 1.78. The molecule has 2 heterocycles. The van der Waals surface area contributed by atoms with Gasteiger partial charge in [-0.3, -0.25) is 5.32 Å². The minimum absolute atomic E-state index is 0.356. The summed E-state index contributed by atoms with van der Waals surface area (Å²) in [5.74, 6) is 0.528. The number of nitrogens with zero attached hydrogens (tertiary/aromatic N) is 3. The molecule has 0 unspecified atom stereocenters. The highest BCUT2D eigenvalue weighted by Crippen LogP contribution is 2.32. The van der Waals surface area contributed by atoms with Crippen molar-refractivity contribution in [2.75, 3.05) is 10.6 Å². The van der Waals surface area contributed by atoms with Gasteiger partial charge in [-0.2, -0.15) is 0 Å². The lowest BCUT2D eigenvalue weighted by atomic mass is 10.0. The molecule has 2 aromatic heterocycles. The van der Waals surface area contributed by atoms with Gasteiger partial charge in [0.15, 0.2) is 0 Å². The Morgan fingerprint density at radius 1 is 1.11 bits per heavy atom. The molecule has 2 aromatic carbocycles. The van der Waals surface area contributed by atoms with Crippen LogP contribution in [0.1, 0.15) is 5.69 Å². The summed E-state index contributed by atoms with van der Waals surface area (Å²) in [7, 11) is 0. The van der Waals surface area contributed by atoms with E-state index in [0.717, 1.165) is 28.2 Å². The van der Waals surface area contributed by atoms with Crippen LogP contribution in [0.2, 0.25) is 5.02 Å². The SMILES string of the molecule is Cc1nnsc1NC(=O)Nc1ccc(-c2cc(-c3ncco3)ccc2Cl)cc1. The number of oxazole rings is 1. The van der Waals surface area contributed by atoms with E-state index in [-0.39, 0.29) is 6.03 Å². The van der Waals surface area contributed by atoms with Crippen molar-refractivity contribution in [1.29, 1.82) is 0 Å². The number of anilines is 2. The van der Waals surface area contributed by atoms with E-state index in [4.69, 9.17) is 16.0 Å². The van der Waals surface area contributed by atoms with Gasteiger partial charge in [-0.1, -0.05) is 28.2 Å². The molecule has 0 radical (unpaired) electrons. The molecular weight excluding hydrogens is 398 g/mol. The third-order valence-corrected chi connectivity index (χ3v) is 5.05. The molecule has 4 aromatic rings. The van der Waals surface area contributed by atoms with E-state index in [9.17, 15) is 4.79 Å². The van der Waals surface area contributed by atoms with Crippen molar-refractivity contribution in [1.82, 2.24) is 14.6 Å². The van der Waals surface area contributed by atoms with Crippen LogP contribution in [0, 0.1) is 6.92 Å². The molecule has 2 amide bonds. The number of amides is 2. The summed E-state index contributed by atoms with van der Waals surface area (Å²) >= 11 is 7.50. The number of benzene rings is 2. The molecule has 0 aliphatic carbocycles. The number of carbonyl (C=O) groups excluding carboxylic acids is 1. The Labute approximate surface area is 169 Å². The highest BCUT2D eigenvalue weighted by atomic mass is 35.5. The van der Waals surface area contributed by atoms with Crippen molar-refractivity contribution in [2.24, 2.45) is 0 Å². The fraction of sp³-hybridized carbons (Fsp3) is 0.0526. The largest absolute Gasteiger partial charge is 0.445 e. The Balaban J connectivity index is 1.51. The quantitative estimate of drug-likeness (QED) is 0.464. The summed E-state index contributed by atoms with van der Waals surface area (Å²) < 4.78 is 9.13. The molecule has 28 heavy (non-hydrogen) atoms. The second-order valence-electron chi connectivity index (χ2n) is 5.88. The van der Waals surface area contributed by atoms with Crippen molar-refractivity contribution in [3.63, 3.8) is 0 Å². The topological polar surface area (TPSA) is 92.9 Å². The molecule has 0 bridgehead atoms. The van der Waals surface area contributed by atoms with Crippen LogP contribution in [-0.2, 0) is 0 Å². The molecule has 140 valence electrons. The minimum Gasteiger partial charge on any atom is -0.445 e. The van der Waals surface area contributed by atoms with Crippen LogP contribution in [0.3, 0.4) is 0 Å². The van der Waals surface area contributed by atoms with Gasteiger partial charge in [0, 0.05) is 33.4 Å². The van der Waals surface area contributed by atoms with Crippen LogP contribution >= 0.6 is 23.1 Å². The molecule has 0 spiro atoms. The number of carbonyl (C=O) groups is 1. The maximum atomic E-state index is 12.1. The van der Waals surface area contributed by atoms with Crippen molar-refractivity contribution in [3.8, 4) is 22.6 Å². The summed E-state index contributed by atoms with van der Waals surface area (Å²) in [5, 5.41) is 10.6. The highest BCUT2D eigenvalue weighted by Gasteiger charge is 2.11. The maximum absolute atomic E-state index is 12.1. The molecule has 0 saturated carbocycles. The molecule has 4 rings (SSSR count). The summed E-state index contributed by atoms with van der Waals surface area (Å²) in [4.78, 5) is 16.3. The zero-order valence-corrected chi connectivity index (χ0v) is 16.2.